The first-order valence-corrected chi connectivity index (χ1v) is 5.99. The number of hydrogen-bond donors (Lipinski definition) is 2. The molecule has 18 heavy (non-hydrogen) atoms. The van der Waals surface area contributed by atoms with Crippen LogP contribution in [0.5, 0.6) is 0 Å². The molecule has 4 heteroatoms. The van der Waals surface area contributed by atoms with Crippen LogP contribution >= 0.6 is 0 Å². The van der Waals surface area contributed by atoms with Gasteiger partial charge in [-0.1, -0.05) is 6.07 Å². The molecule has 0 heterocycles. The van der Waals surface area contributed by atoms with Crippen LogP contribution in [-0.2, 0) is 11.3 Å². The average molecular weight is 250 g/mol. The highest BCUT2D eigenvalue weighted by Crippen LogP contribution is 2.12. The first-order valence-electron chi connectivity index (χ1n) is 5.99. The van der Waals surface area contributed by atoms with Crippen LogP contribution in [0.25, 0.3) is 0 Å². The Bertz CT molecular complexity index is 428. The number of carbonyl (C=O) groups is 1. The van der Waals surface area contributed by atoms with Gasteiger partial charge >= 0.3 is 0 Å². The number of methoxy groups -OCH3 is 1. The summed E-state index contributed by atoms with van der Waals surface area (Å²) in [6.07, 6.45) is 0. The maximum Gasteiger partial charge on any atom is 0.248 e. The summed E-state index contributed by atoms with van der Waals surface area (Å²) < 4.78 is 5.15. The number of nitrogens with one attached hydrogen (secondary N) is 1. The minimum absolute atomic E-state index is 0.0798. The third-order valence-electron chi connectivity index (χ3n) is 2.89. The van der Waals surface area contributed by atoms with Crippen molar-refractivity contribution in [3.05, 3.63) is 34.9 Å². The van der Waals surface area contributed by atoms with Gasteiger partial charge in [0, 0.05) is 24.8 Å². The van der Waals surface area contributed by atoms with E-state index >= 15 is 0 Å². The van der Waals surface area contributed by atoms with Crippen LogP contribution in [0, 0.1) is 6.92 Å². The van der Waals surface area contributed by atoms with Crippen LogP contribution < -0.4 is 11.1 Å². The molecule has 1 amide bonds. The normalized spacial score (nSPS) is 11.6. The minimum atomic E-state index is -0.391. The number of hydrogen-bond acceptors (Lipinski definition) is 3. The maximum atomic E-state index is 11.1. The fourth-order valence-corrected chi connectivity index (χ4v) is 1.79. The second-order valence-electron chi connectivity index (χ2n) is 5.18. The Morgan fingerprint density at radius 1 is 1.44 bits per heavy atom. The molecule has 100 valence electrons. The zero-order valence-electron chi connectivity index (χ0n) is 11.5. The fourth-order valence-electron chi connectivity index (χ4n) is 1.79. The number of amides is 1. The second kappa shape index (κ2) is 5.98. The van der Waals surface area contributed by atoms with E-state index in [1.54, 1.807) is 13.2 Å². The van der Waals surface area contributed by atoms with Crippen LogP contribution in [0.3, 0.4) is 0 Å². The van der Waals surface area contributed by atoms with Gasteiger partial charge in [-0.25, -0.2) is 0 Å². The van der Waals surface area contributed by atoms with Gasteiger partial charge in [0.25, 0.3) is 0 Å². The molecular weight excluding hydrogens is 228 g/mol. The van der Waals surface area contributed by atoms with E-state index in [-0.39, 0.29) is 5.54 Å². The topological polar surface area (TPSA) is 64.3 Å². The van der Waals surface area contributed by atoms with E-state index in [0.717, 1.165) is 17.7 Å². The zero-order chi connectivity index (χ0) is 13.8. The summed E-state index contributed by atoms with van der Waals surface area (Å²) >= 11 is 0. The predicted octanol–water partition coefficient (Wildman–Crippen LogP) is 1.61. The van der Waals surface area contributed by atoms with Crippen LogP contribution in [0.15, 0.2) is 18.2 Å². The molecule has 1 aromatic carbocycles. The lowest BCUT2D eigenvalue weighted by atomic mass is 10.0. The van der Waals surface area contributed by atoms with Crippen molar-refractivity contribution in [2.24, 2.45) is 5.73 Å². The molecule has 3 N–H and O–H groups in total. The molecule has 0 aliphatic carbocycles. The molecule has 0 spiro atoms. The van der Waals surface area contributed by atoms with Gasteiger partial charge in [-0.3, -0.25) is 4.79 Å². The highest BCUT2D eigenvalue weighted by Gasteiger charge is 2.16. The number of nitrogens with two attached hydrogens (primary N) is 1. The molecule has 0 saturated heterocycles. The highest BCUT2D eigenvalue weighted by molar-refractivity contribution is 5.93. The Hall–Kier alpha value is -1.39. The van der Waals surface area contributed by atoms with Crippen LogP contribution in [0.2, 0.25) is 0 Å². The second-order valence-corrected chi connectivity index (χ2v) is 5.18. The third-order valence-corrected chi connectivity index (χ3v) is 2.89. The molecule has 1 aromatic rings. The van der Waals surface area contributed by atoms with Crippen molar-refractivity contribution in [2.75, 3.05) is 13.7 Å². The number of primary amides is 1. The van der Waals surface area contributed by atoms with E-state index in [0.29, 0.717) is 12.2 Å². The molecule has 0 unspecified atom stereocenters. The van der Waals surface area contributed by atoms with Crippen molar-refractivity contribution in [1.82, 2.24) is 5.32 Å². The molecule has 0 saturated carbocycles. The average Bonchev–Trinajstić information content (AvgIpc) is 2.27. The van der Waals surface area contributed by atoms with Gasteiger partial charge in [-0.15, -0.1) is 0 Å². The summed E-state index contributed by atoms with van der Waals surface area (Å²) in [4.78, 5) is 11.1. The fraction of sp³-hybridized carbons (Fsp3) is 0.500. The summed E-state index contributed by atoms with van der Waals surface area (Å²) in [5.74, 6) is -0.391. The molecule has 0 aromatic heterocycles. The number of ether oxygens (including phenoxy) is 1. The van der Waals surface area contributed by atoms with E-state index in [4.69, 9.17) is 10.5 Å². The van der Waals surface area contributed by atoms with Gasteiger partial charge in [-0.05, 0) is 44.0 Å². The van der Waals surface area contributed by atoms with Crippen LogP contribution in [-0.4, -0.2) is 25.2 Å². The van der Waals surface area contributed by atoms with Gasteiger partial charge in [0.05, 0.1) is 6.61 Å². The molecule has 0 bridgehead atoms. The Labute approximate surface area is 109 Å². The molecule has 0 aliphatic heterocycles. The maximum absolute atomic E-state index is 11.1. The van der Waals surface area contributed by atoms with E-state index in [1.165, 1.54) is 0 Å². The Balaban J connectivity index is 2.71. The number of benzene rings is 1. The lowest BCUT2D eigenvalue weighted by molar-refractivity contribution is 0.1000. The van der Waals surface area contributed by atoms with E-state index in [2.05, 4.69) is 19.2 Å². The molecule has 0 radical (unpaired) electrons. The van der Waals surface area contributed by atoms with E-state index in [1.807, 2.05) is 19.1 Å². The molecular formula is C14H22N2O2. The standard InChI is InChI=1S/C14H22N2O2/c1-10-7-11(13(15)17)5-6-12(10)8-16-14(2,3)9-18-4/h5-7,16H,8-9H2,1-4H3,(H2,15,17). The largest absolute Gasteiger partial charge is 0.383 e. The van der Waals surface area contributed by atoms with Gasteiger partial charge in [0.1, 0.15) is 0 Å². The zero-order valence-corrected chi connectivity index (χ0v) is 11.5. The first-order chi connectivity index (χ1) is 8.35. The van der Waals surface area contributed by atoms with Crippen molar-refractivity contribution < 1.29 is 9.53 Å². The van der Waals surface area contributed by atoms with Crippen molar-refractivity contribution in [3.63, 3.8) is 0 Å². The summed E-state index contributed by atoms with van der Waals surface area (Å²) in [7, 11) is 1.69. The van der Waals surface area contributed by atoms with Gasteiger partial charge in [0.15, 0.2) is 0 Å². The highest BCUT2D eigenvalue weighted by atomic mass is 16.5. The van der Waals surface area contributed by atoms with E-state index in [9.17, 15) is 4.79 Å². The SMILES string of the molecule is COCC(C)(C)NCc1ccc(C(N)=O)cc1C. The molecule has 0 fully saturated rings. The van der Waals surface area contributed by atoms with Crippen molar-refractivity contribution in [3.8, 4) is 0 Å². The summed E-state index contributed by atoms with van der Waals surface area (Å²) in [6.45, 7) is 7.53. The smallest absolute Gasteiger partial charge is 0.248 e. The Morgan fingerprint density at radius 3 is 2.61 bits per heavy atom. The van der Waals surface area contributed by atoms with Gasteiger partial charge in [0.2, 0.25) is 5.91 Å². The summed E-state index contributed by atoms with van der Waals surface area (Å²) in [5, 5.41) is 3.42. The van der Waals surface area contributed by atoms with Gasteiger partial charge < -0.3 is 15.8 Å². The lowest BCUT2D eigenvalue weighted by Crippen LogP contribution is -2.42. The predicted molar refractivity (Wildman–Crippen MR) is 72.5 cm³/mol. The molecule has 0 aliphatic rings. The summed E-state index contributed by atoms with van der Waals surface area (Å²) in [6, 6.07) is 5.52. The number of rotatable bonds is 6. The Kier molecular flexibility index (Phi) is 4.87. The minimum Gasteiger partial charge on any atom is -0.383 e. The lowest BCUT2D eigenvalue weighted by Gasteiger charge is -2.25. The molecule has 0 atom stereocenters. The van der Waals surface area contributed by atoms with E-state index < -0.39 is 5.91 Å². The van der Waals surface area contributed by atoms with Crippen molar-refractivity contribution >= 4 is 5.91 Å². The number of aryl methyl sites for hydroxylation is 1. The van der Waals surface area contributed by atoms with Crippen molar-refractivity contribution in [2.45, 2.75) is 32.9 Å². The Morgan fingerprint density at radius 2 is 2.11 bits per heavy atom. The monoisotopic (exact) mass is 250 g/mol. The van der Waals surface area contributed by atoms with Crippen LogP contribution in [0.4, 0.5) is 0 Å². The molecule has 1 rings (SSSR count). The quantitative estimate of drug-likeness (QED) is 0.806. The summed E-state index contributed by atoms with van der Waals surface area (Å²) in [5.41, 5.74) is 7.93. The van der Waals surface area contributed by atoms with Gasteiger partial charge in [-0.2, -0.15) is 0 Å². The molecule has 4 nitrogen and oxygen atoms in total. The first kappa shape index (κ1) is 14.7. The van der Waals surface area contributed by atoms with Crippen LogP contribution in [0.1, 0.15) is 35.3 Å². The third kappa shape index (κ3) is 4.13. The number of carbonyl (C=O) groups excluding carboxylic acids is 1. The van der Waals surface area contributed by atoms with Crippen molar-refractivity contribution in [1.29, 1.82) is 0 Å².